The van der Waals surface area contributed by atoms with Crippen molar-refractivity contribution < 1.29 is 9.53 Å². The molecule has 1 fully saturated rings. The summed E-state index contributed by atoms with van der Waals surface area (Å²) in [6, 6.07) is 17.4. The third kappa shape index (κ3) is 8.52. The lowest BCUT2D eigenvalue weighted by atomic mass is 9.96. The highest BCUT2D eigenvalue weighted by Crippen LogP contribution is 2.36. The summed E-state index contributed by atoms with van der Waals surface area (Å²) >= 11 is 2.82. The quantitative estimate of drug-likeness (QED) is 0.237. The largest absolute Gasteiger partial charge is 0.453 e. The summed E-state index contributed by atoms with van der Waals surface area (Å²) in [6.45, 7) is 1.89. The second kappa shape index (κ2) is 15.2. The Labute approximate surface area is 254 Å². The van der Waals surface area contributed by atoms with Crippen molar-refractivity contribution in [1.29, 1.82) is 0 Å². The molecule has 4 aromatic rings. The number of anilines is 2. The van der Waals surface area contributed by atoms with Gasteiger partial charge in [-0.05, 0) is 51.2 Å². The predicted octanol–water partition coefficient (Wildman–Crippen LogP) is 6.13. The second-order valence-corrected chi connectivity index (χ2v) is 11.0. The number of para-hydroxylation sites is 1. The molecule has 13 heteroatoms. The van der Waals surface area contributed by atoms with Crippen LogP contribution in [0.1, 0.15) is 24.6 Å². The van der Waals surface area contributed by atoms with Crippen LogP contribution in [0.25, 0.3) is 0 Å². The van der Waals surface area contributed by atoms with E-state index in [1.807, 2.05) is 78.5 Å². The van der Waals surface area contributed by atoms with E-state index in [-0.39, 0.29) is 36.6 Å². The molecular weight excluding hydrogens is 589 g/mol. The summed E-state index contributed by atoms with van der Waals surface area (Å²) in [4.78, 5) is 30.9. The van der Waals surface area contributed by atoms with Gasteiger partial charge in [0, 0.05) is 53.9 Å². The van der Waals surface area contributed by atoms with E-state index in [0.717, 1.165) is 41.7 Å². The molecular formula is C27H31Cl2N7O2S2. The van der Waals surface area contributed by atoms with E-state index < -0.39 is 0 Å². The van der Waals surface area contributed by atoms with Crippen molar-refractivity contribution in [2.24, 2.45) is 0 Å². The van der Waals surface area contributed by atoms with Crippen molar-refractivity contribution in [2.45, 2.75) is 28.7 Å². The molecule has 1 aliphatic rings. The average Bonchev–Trinajstić information content (AvgIpc) is 3.40. The lowest BCUT2D eigenvalue weighted by molar-refractivity contribution is -0.132. The molecule has 0 aliphatic carbocycles. The van der Waals surface area contributed by atoms with Gasteiger partial charge in [0.05, 0.1) is 6.54 Å². The fourth-order valence-electron chi connectivity index (χ4n) is 4.11. The van der Waals surface area contributed by atoms with E-state index in [4.69, 9.17) is 9.72 Å². The highest BCUT2D eigenvalue weighted by molar-refractivity contribution is 7.99. The van der Waals surface area contributed by atoms with Crippen molar-refractivity contribution in [3.8, 4) is 11.5 Å². The van der Waals surface area contributed by atoms with Gasteiger partial charge in [0.15, 0.2) is 11.6 Å². The van der Waals surface area contributed by atoms with Crippen LogP contribution in [0.3, 0.4) is 0 Å². The minimum absolute atomic E-state index is 0. The molecule has 0 bridgehead atoms. The lowest BCUT2D eigenvalue weighted by Crippen LogP contribution is -2.42. The van der Waals surface area contributed by atoms with E-state index in [0.29, 0.717) is 29.0 Å². The summed E-state index contributed by atoms with van der Waals surface area (Å²) < 4.78 is 10.8. The first-order valence-corrected chi connectivity index (χ1v) is 14.0. The van der Waals surface area contributed by atoms with Crippen molar-refractivity contribution in [3.05, 3.63) is 72.8 Å². The molecule has 212 valence electrons. The van der Waals surface area contributed by atoms with Crippen LogP contribution in [-0.2, 0) is 4.79 Å². The number of ether oxygens (including phenoxy) is 1. The Balaban J connectivity index is 0.00000220. The first-order valence-electron chi connectivity index (χ1n) is 12.4. The van der Waals surface area contributed by atoms with Gasteiger partial charge >= 0.3 is 0 Å². The fourth-order valence-corrected chi connectivity index (χ4v) is 5.53. The van der Waals surface area contributed by atoms with Crippen LogP contribution < -0.4 is 10.1 Å². The zero-order valence-corrected chi connectivity index (χ0v) is 25.4. The Bertz CT molecular complexity index is 1360. The number of hydrogen-bond donors (Lipinski definition) is 1. The molecule has 5 rings (SSSR count). The number of nitrogens with zero attached hydrogens (tertiary/aromatic N) is 6. The number of halogens is 2. The van der Waals surface area contributed by atoms with Gasteiger partial charge in [0.25, 0.3) is 0 Å². The number of pyridine rings is 2. The molecule has 0 spiro atoms. The number of piperidine rings is 1. The number of likely N-dealkylation sites (N-methyl/N-ethyl adjacent to an activating group) is 1. The normalized spacial score (nSPS) is 13.3. The highest BCUT2D eigenvalue weighted by atomic mass is 35.5. The summed E-state index contributed by atoms with van der Waals surface area (Å²) in [5.74, 6) is 3.07. The maximum absolute atomic E-state index is 12.4. The topological polar surface area (TPSA) is 96.4 Å². The van der Waals surface area contributed by atoms with Gasteiger partial charge in [-0.1, -0.05) is 36.0 Å². The van der Waals surface area contributed by atoms with E-state index in [9.17, 15) is 4.79 Å². The minimum atomic E-state index is 0. The molecule has 1 aliphatic heterocycles. The van der Waals surface area contributed by atoms with Crippen molar-refractivity contribution in [1.82, 2.24) is 29.1 Å². The Morgan fingerprint density at radius 1 is 1.10 bits per heavy atom. The number of nitrogens with one attached hydrogen (secondary N) is 1. The van der Waals surface area contributed by atoms with E-state index in [2.05, 4.69) is 19.7 Å². The SMILES string of the molecule is CN(C)CC(=O)N1CCC(c2nsc(Nc3ncc(Sc4ccccn4)cc3Oc3ccccc3)n2)CC1.Cl.Cl. The van der Waals surface area contributed by atoms with Gasteiger partial charge in [-0.2, -0.15) is 4.37 Å². The third-order valence-corrected chi connectivity index (χ3v) is 7.54. The van der Waals surface area contributed by atoms with Crippen LogP contribution in [0.15, 0.2) is 76.9 Å². The maximum atomic E-state index is 12.4. The number of likely N-dealkylation sites (tertiary alicyclic amines) is 1. The van der Waals surface area contributed by atoms with Crippen LogP contribution in [0, 0.1) is 0 Å². The van der Waals surface area contributed by atoms with Gasteiger partial charge in [-0.15, -0.1) is 24.8 Å². The number of aromatic nitrogens is 4. The molecule has 1 N–H and O–H groups in total. The Hall–Kier alpha value is -2.96. The van der Waals surface area contributed by atoms with Crippen LogP contribution >= 0.6 is 48.1 Å². The van der Waals surface area contributed by atoms with Gasteiger partial charge in [-0.25, -0.2) is 15.0 Å². The molecule has 0 radical (unpaired) electrons. The molecule has 1 amide bonds. The van der Waals surface area contributed by atoms with Crippen molar-refractivity contribution >= 4 is 65.0 Å². The van der Waals surface area contributed by atoms with Gasteiger partial charge in [-0.3, -0.25) is 4.79 Å². The average molecular weight is 621 g/mol. The summed E-state index contributed by atoms with van der Waals surface area (Å²) in [5.41, 5.74) is 0. The van der Waals surface area contributed by atoms with Crippen LogP contribution in [0.2, 0.25) is 0 Å². The molecule has 0 atom stereocenters. The first kappa shape index (κ1) is 31.6. The molecule has 4 heterocycles. The van der Waals surface area contributed by atoms with Crippen molar-refractivity contribution in [2.75, 3.05) is 39.0 Å². The molecule has 9 nitrogen and oxygen atoms in total. The molecule has 0 saturated carbocycles. The van der Waals surface area contributed by atoms with Crippen LogP contribution in [0.5, 0.6) is 11.5 Å². The second-order valence-electron chi connectivity index (χ2n) is 9.18. The van der Waals surface area contributed by atoms with E-state index in [1.54, 1.807) is 12.4 Å². The maximum Gasteiger partial charge on any atom is 0.236 e. The summed E-state index contributed by atoms with van der Waals surface area (Å²) in [5, 5.41) is 4.84. The smallest absolute Gasteiger partial charge is 0.236 e. The lowest BCUT2D eigenvalue weighted by Gasteiger charge is -2.31. The molecule has 3 aromatic heterocycles. The van der Waals surface area contributed by atoms with E-state index in [1.165, 1.54) is 23.3 Å². The third-order valence-electron chi connectivity index (χ3n) is 5.99. The van der Waals surface area contributed by atoms with Crippen LogP contribution in [-0.4, -0.2) is 68.8 Å². The number of carbonyl (C=O) groups excluding carboxylic acids is 1. The number of hydrogen-bond acceptors (Lipinski definition) is 10. The first-order chi connectivity index (χ1) is 18.5. The number of benzene rings is 1. The Morgan fingerprint density at radius 3 is 2.55 bits per heavy atom. The predicted molar refractivity (Wildman–Crippen MR) is 164 cm³/mol. The molecule has 1 aromatic carbocycles. The Morgan fingerprint density at radius 2 is 1.85 bits per heavy atom. The summed E-state index contributed by atoms with van der Waals surface area (Å²) in [7, 11) is 3.83. The van der Waals surface area contributed by atoms with E-state index >= 15 is 0 Å². The van der Waals surface area contributed by atoms with Gasteiger partial charge in [0.2, 0.25) is 11.0 Å². The molecule has 0 unspecified atom stereocenters. The number of rotatable bonds is 9. The number of carbonyl (C=O) groups is 1. The minimum Gasteiger partial charge on any atom is -0.453 e. The fraction of sp³-hybridized carbons (Fsp3) is 0.296. The van der Waals surface area contributed by atoms with Crippen LogP contribution in [0.4, 0.5) is 10.9 Å². The monoisotopic (exact) mass is 619 g/mol. The zero-order chi connectivity index (χ0) is 26.3. The highest BCUT2D eigenvalue weighted by Gasteiger charge is 2.26. The summed E-state index contributed by atoms with van der Waals surface area (Å²) in [6.07, 6.45) is 5.28. The molecule has 1 saturated heterocycles. The van der Waals surface area contributed by atoms with Crippen molar-refractivity contribution in [3.63, 3.8) is 0 Å². The van der Waals surface area contributed by atoms with Gasteiger partial charge < -0.3 is 19.9 Å². The zero-order valence-electron chi connectivity index (χ0n) is 22.1. The van der Waals surface area contributed by atoms with Gasteiger partial charge in [0.1, 0.15) is 16.6 Å². The standard InChI is InChI=1S/C27H29N7O2S2.2ClH/c1-33(2)18-24(35)34-14-11-19(12-15-34)25-30-27(38-32-25)31-26-22(36-20-8-4-3-5-9-20)16-21(17-29-26)37-23-10-6-7-13-28-23;;/h3-10,13,16-17,19H,11-12,14-15,18H2,1-2H3,(H,29,30,31,32);2*1H. The number of amides is 1. The Kier molecular flexibility index (Phi) is 12.0. The molecule has 40 heavy (non-hydrogen) atoms.